The number of likely N-dealkylation sites (tertiary alicyclic amines) is 1. The van der Waals surface area contributed by atoms with Crippen molar-refractivity contribution in [3.63, 3.8) is 0 Å². The second kappa shape index (κ2) is 5.48. The first-order valence-electron chi connectivity index (χ1n) is 7.69. The average Bonchev–Trinajstić information content (AvgIpc) is 3.25. The van der Waals surface area contributed by atoms with Gasteiger partial charge in [-0.25, -0.2) is 0 Å². The predicted octanol–water partition coefficient (Wildman–Crippen LogP) is 1.99. The fourth-order valence-electron chi connectivity index (χ4n) is 3.53. The van der Waals surface area contributed by atoms with Crippen molar-refractivity contribution in [1.82, 2.24) is 4.90 Å². The number of hydrogen-bond donors (Lipinski definition) is 2. The van der Waals surface area contributed by atoms with Gasteiger partial charge in [0.1, 0.15) is 0 Å². The third-order valence-corrected chi connectivity index (χ3v) is 5.62. The highest BCUT2D eigenvalue weighted by Crippen LogP contribution is 2.41. The summed E-state index contributed by atoms with van der Waals surface area (Å²) < 4.78 is 0. The molecule has 0 aromatic rings. The Hall–Kier alpha value is -0.120. The first-order chi connectivity index (χ1) is 8.57. The zero-order valence-electron chi connectivity index (χ0n) is 12.1. The summed E-state index contributed by atoms with van der Waals surface area (Å²) in [5.41, 5.74) is 6.62. The van der Waals surface area contributed by atoms with E-state index >= 15 is 0 Å². The van der Waals surface area contributed by atoms with Crippen LogP contribution in [-0.2, 0) is 0 Å². The summed E-state index contributed by atoms with van der Waals surface area (Å²) in [7, 11) is 0. The molecule has 1 saturated carbocycles. The van der Waals surface area contributed by atoms with Crippen LogP contribution >= 0.6 is 0 Å². The molecule has 2 aliphatic rings. The molecule has 106 valence electrons. The molecular formula is C15H30N2O. The molecule has 1 saturated heterocycles. The summed E-state index contributed by atoms with van der Waals surface area (Å²) in [6.45, 7) is 7.99. The van der Waals surface area contributed by atoms with E-state index in [4.69, 9.17) is 5.73 Å². The Morgan fingerprint density at radius 3 is 2.17 bits per heavy atom. The molecule has 0 amide bonds. The van der Waals surface area contributed by atoms with Crippen LogP contribution in [0.15, 0.2) is 0 Å². The second-order valence-electron chi connectivity index (χ2n) is 6.65. The summed E-state index contributed by atoms with van der Waals surface area (Å²) in [6, 6.07) is 0. The van der Waals surface area contributed by atoms with Crippen molar-refractivity contribution < 1.29 is 5.11 Å². The Labute approximate surface area is 112 Å². The van der Waals surface area contributed by atoms with Gasteiger partial charge in [0, 0.05) is 6.54 Å². The number of aliphatic hydroxyl groups excluding tert-OH is 1. The fourth-order valence-corrected chi connectivity index (χ4v) is 3.53. The topological polar surface area (TPSA) is 49.5 Å². The van der Waals surface area contributed by atoms with Crippen molar-refractivity contribution in [1.29, 1.82) is 0 Å². The molecule has 2 fully saturated rings. The lowest BCUT2D eigenvalue weighted by atomic mass is 9.74. The van der Waals surface area contributed by atoms with Crippen LogP contribution in [0.5, 0.6) is 0 Å². The minimum Gasteiger partial charge on any atom is -0.394 e. The van der Waals surface area contributed by atoms with Gasteiger partial charge in [-0.3, -0.25) is 0 Å². The van der Waals surface area contributed by atoms with Crippen LogP contribution in [0.25, 0.3) is 0 Å². The van der Waals surface area contributed by atoms with Gasteiger partial charge in [0.2, 0.25) is 0 Å². The third-order valence-electron chi connectivity index (χ3n) is 5.62. The van der Waals surface area contributed by atoms with Crippen LogP contribution in [-0.4, -0.2) is 41.8 Å². The van der Waals surface area contributed by atoms with Gasteiger partial charge < -0.3 is 15.7 Å². The third kappa shape index (κ3) is 2.89. The van der Waals surface area contributed by atoms with E-state index in [0.29, 0.717) is 11.3 Å². The Morgan fingerprint density at radius 1 is 1.22 bits per heavy atom. The lowest BCUT2D eigenvalue weighted by molar-refractivity contribution is 0.0583. The Kier molecular flexibility index (Phi) is 4.35. The largest absolute Gasteiger partial charge is 0.394 e. The average molecular weight is 254 g/mol. The Morgan fingerprint density at radius 2 is 1.78 bits per heavy atom. The van der Waals surface area contributed by atoms with Gasteiger partial charge >= 0.3 is 0 Å². The van der Waals surface area contributed by atoms with Crippen LogP contribution in [0.4, 0.5) is 0 Å². The van der Waals surface area contributed by atoms with Gasteiger partial charge in [0.15, 0.2) is 0 Å². The predicted molar refractivity (Wildman–Crippen MR) is 75.4 cm³/mol. The first kappa shape index (κ1) is 14.3. The van der Waals surface area contributed by atoms with Crippen LogP contribution in [0.2, 0.25) is 0 Å². The number of piperidine rings is 1. The fraction of sp³-hybridized carbons (Fsp3) is 1.00. The molecule has 1 heterocycles. The van der Waals surface area contributed by atoms with Crippen molar-refractivity contribution in [2.45, 2.75) is 57.9 Å². The Balaban J connectivity index is 1.86. The van der Waals surface area contributed by atoms with Crippen molar-refractivity contribution in [2.24, 2.45) is 17.1 Å². The molecule has 3 N–H and O–H groups in total. The monoisotopic (exact) mass is 254 g/mol. The van der Waals surface area contributed by atoms with E-state index in [-0.39, 0.29) is 12.1 Å². The minimum atomic E-state index is -0.335. The molecule has 2 rings (SSSR count). The normalized spacial score (nSPS) is 28.0. The zero-order valence-corrected chi connectivity index (χ0v) is 12.1. The minimum absolute atomic E-state index is 0.140. The van der Waals surface area contributed by atoms with Crippen molar-refractivity contribution in [3.05, 3.63) is 0 Å². The number of nitrogens with two attached hydrogens (primary N) is 1. The van der Waals surface area contributed by atoms with Crippen LogP contribution in [0.3, 0.4) is 0 Å². The molecule has 0 spiro atoms. The lowest BCUT2D eigenvalue weighted by Crippen LogP contribution is -2.56. The highest BCUT2D eigenvalue weighted by Gasteiger charge is 2.43. The Bertz CT molecular complexity index is 264. The van der Waals surface area contributed by atoms with E-state index < -0.39 is 0 Å². The highest BCUT2D eigenvalue weighted by molar-refractivity contribution is 5.01. The smallest absolute Gasteiger partial charge is 0.0626 e. The molecule has 18 heavy (non-hydrogen) atoms. The summed E-state index contributed by atoms with van der Waals surface area (Å²) in [4.78, 5) is 2.48. The molecular weight excluding hydrogens is 224 g/mol. The summed E-state index contributed by atoms with van der Waals surface area (Å²) >= 11 is 0. The van der Waals surface area contributed by atoms with Crippen LogP contribution in [0, 0.1) is 11.3 Å². The van der Waals surface area contributed by atoms with Crippen molar-refractivity contribution in [3.8, 4) is 0 Å². The van der Waals surface area contributed by atoms with Crippen LogP contribution < -0.4 is 5.73 Å². The summed E-state index contributed by atoms with van der Waals surface area (Å²) in [5, 5.41) is 9.57. The lowest BCUT2D eigenvalue weighted by Gasteiger charge is -2.43. The molecule has 0 radical (unpaired) electrons. The van der Waals surface area contributed by atoms with Gasteiger partial charge in [-0.2, -0.15) is 0 Å². The molecule has 0 aromatic carbocycles. The first-order valence-corrected chi connectivity index (χ1v) is 7.69. The molecule has 1 aliphatic heterocycles. The van der Waals surface area contributed by atoms with Crippen LogP contribution in [0.1, 0.15) is 52.4 Å². The molecule has 3 heteroatoms. The molecule has 1 atom stereocenters. The maximum absolute atomic E-state index is 9.57. The molecule has 0 bridgehead atoms. The van der Waals surface area contributed by atoms with E-state index in [1.807, 2.05) is 0 Å². The standard InChI is InChI=1S/C15H30N2O/c1-3-14(4-2)7-9-17(10-8-14)11-15(16,12-18)13-5-6-13/h13,18H,3-12,16H2,1-2H3. The zero-order chi connectivity index (χ0) is 13.2. The molecule has 1 unspecified atom stereocenters. The molecule has 3 nitrogen and oxygen atoms in total. The number of nitrogens with zero attached hydrogens (tertiary/aromatic N) is 1. The number of rotatable bonds is 6. The van der Waals surface area contributed by atoms with Gasteiger partial charge in [-0.1, -0.05) is 26.7 Å². The SMILES string of the molecule is CCC1(CC)CCN(CC(N)(CO)C2CC2)CC1. The summed E-state index contributed by atoms with van der Waals surface area (Å²) in [6.07, 6.45) is 7.61. The van der Waals surface area contributed by atoms with Crippen molar-refractivity contribution >= 4 is 0 Å². The van der Waals surface area contributed by atoms with E-state index in [0.717, 1.165) is 19.6 Å². The van der Waals surface area contributed by atoms with Gasteiger partial charge in [0.25, 0.3) is 0 Å². The van der Waals surface area contributed by atoms with E-state index in [1.165, 1.54) is 38.5 Å². The van der Waals surface area contributed by atoms with E-state index in [2.05, 4.69) is 18.7 Å². The summed E-state index contributed by atoms with van der Waals surface area (Å²) in [5.74, 6) is 0.562. The number of hydrogen-bond acceptors (Lipinski definition) is 3. The van der Waals surface area contributed by atoms with Gasteiger partial charge in [-0.15, -0.1) is 0 Å². The van der Waals surface area contributed by atoms with Gasteiger partial charge in [0.05, 0.1) is 12.1 Å². The van der Waals surface area contributed by atoms with E-state index in [9.17, 15) is 5.11 Å². The van der Waals surface area contributed by atoms with Crippen molar-refractivity contribution in [2.75, 3.05) is 26.2 Å². The maximum Gasteiger partial charge on any atom is 0.0626 e. The number of aliphatic hydroxyl groups is 1. The molecule has 0 aromatic heterocycles. The van der Waals surface area contributed by atoms with E-state index in [1.54, 1.807) is 0 Å². The molecule has 1 aliphatic carbocycles. The maximum atomic E-state index is 9.57. The quantitative estimate of drug-likeness (QED) is 0.762. The highest BCUT2D eigenvalue weighted by atomic mass is 16.3. The van der Waals surface area contributed by atoms with Gasteiger partial charge in [-0.05, 0) is 50.1 Å². The second-order valence-corrected chi connectivity index (χ2v) is 6.65.